The van der Waals surface area contributed by atoms with Crippen molar-refractivity contribution in [2.24, 2.45) is 11.7 Å². The van der Waals surface area contributed by atoms with E-state index in [4.69, 9.17) is 22.1 Å². The fraction of sp³-hybridized carbons (Fsp3) is 0.647. The molecule has 0 radical (unpaired) electrons. The fourth-order valence-electron chi connectivity index (χ4n) is 3.95. The summed E-state index contributed by atoms with van der Waals surface area (Å²) in [5.41, 5.74) is 6.91. The lowest BCUT2D eigenvalue weighted by Gasteiger charge is -2.45. The van der Waals surface area contributed by atoms with E-state index in [-0.39, 0.29) is 28.4 Å². The molecule has 1 heterocycles. The topological polar surface area (TPSA) is 35.2 Å². The minimum absolute atomic E-state index is 0.00611. The second-order valence-corrected chi connectivity index (χ2v) is 6.92. The molecule has 1 aliphatic carbocycles. The van der Waals surface area contributed by atoms with Gasteiger partial charge in [-0.2, -0.15) is 0 Å². The van der Waals surface area contributed by atoms with E-state index in [0.717, 1.165) is 32.3 Å². The Balaban J connectivity index is 1.78. The van der Waals surface area contributed by atoms with Crippen molar-refractivity contribution in [3.05, 3.63) is 34.6 Å². The maximum atomic E-state index is 14.2. The van der Waals surface area contributed by atoms with Gasteiger partial charge in [0.2, 0.25) is 0 Å². The van der Waals surface area contributed by atoms with Gasteiger partial charge in [0.15, 0.2) is 0 Å². The van der Waals surface area contributed by atoms with Crippen molar-refractivity contribution < 1.29 is 9.13 Å². The molecule has 1 saturated carbocycles. The molecule has 1 aliphatic heterocycles. The smallest absolute Gasteiger partial charge is 0.146 e. The Morgan fingerprint density at radius 2 is 2.05 bits per heavy atom. The zero-order valence-electron chi connectivity index (χ0n) is 12.3. The van der Waals surface area contributed by atoms with Gasteiger partial charge in [0.1, 0.15) is 5.82 Å². The van der Waals surface area contributed by atoms with E-state index in [1.54, 1.807) is 18.2 Å². The highest BCUT2D eigenvalue weighted by atomic mass is 35.5. The first-order valence-corrected chi connectivity index (χ1v) is 8.33. The van der Waals surface area contributed by atoms with Crippen molar-refractivity contribution in [3.8, 4) is 0 Å². The minimum atomic E-state index is -0.365. The summed E-state index contributed by atoms with van der Waals surface area (Å²) in [4.78, 5) is 0. The first-order chi connectivity index (χ1) is 10.1. The molecule has 3 rings (SSSR count). The van der Waals surface area contributed by atoms with Gasteiger partial charge in [-0.3, -0.25) is 0 Å². The van der Waals surface area contributed by atoms with Crippen LogP contribution in [0, 0.1) is 11.7 Å². The van der Waals surface area contributed by atoms with Crippen molar-refractivity contribution in [1.82, 2.24) is 0 Å². The number of hydrogen-bond donors (Lipinski definition) is 1. The van der Waals surface area contributed by atoms with Crippen LogP contribution < -0.4 is 5.73 Å². The van der Waals surface area contributed by atoms with Crippen molar-refractivity contribution in [1.29, 1.82) is 0 Å². The molecule has 2 fully saturated rings. The Morgan fingerprint density at radius 1 is 1.29 bits per heavy atom. The predicted molar refractivity (Wildman–Crippen MR) is 82.8 cm³/mol. The van der Waals surface area contributed by atoms with E-state index in [1.807, 2.05) is 0 Å². The normalized spacial score (nSPS) is 26.7. The number of rotatable bonds is 2. The highest BCUT2D eigenvalue weighted by molar-refractivity contribution is 6.30. The SMILES string of the molecule is NC(c1cccc(Cl)c1F)C1CCOC2(CCCCC2)C1. The van der Waals surface area contributed by atoms with Crippen LogP contribution in [0.15, 0.2) is 18.2 Å². The third kappa shape index (κ3) is 3.10. The minimum Gasteiger partial charge on any atom is -0.375 e. The van der Waals surface area contributed by atoms with E-state index < -0.39 is 0 Å². The van der Waals surface area contributed by atoms with Gasteiger partial charge < -0.3 is 10.5 Å². The number of ether oxygens (including phenoxy) is 1. The second kappa shape index (κ2) is 6.23. The Morgan fingerprint density at radius 3 is 2.81 bits per heavy atom. The van der Waals surface area contributed by atoms with Gasteiger partial charge in [-0.15, -0.1) is 0 Å². The van der Waals surface area contributed by atoms with Crippen LogP contribution in [0.25, 0.3) is 0 Å². The molecule has 2 unspecified atom stereocenters. The summed E-state index contributed by atoms with van der Waals surface area (Å²) >= 11 is 5.88. The molecule has 1 saturated heterocycles. The Labute approximate surface area is 130 Å². The van der Waals surface area contributed by atoms with Gasteiger partial charge in [0, 0.05) is 18.2 Å². The summed E-state index contributed by atoms with van der Waals surface area (Å²) in [6.45, 7) is 0.737. The third-order valence-electron chi connectivity index (χ3n) is 5.14. The summed E-state index contributed by atoms with van der Waals surface area (Å²) in [6.07, 6.45) is 7.84. The van der Waals surface area contributed by atoms with Crippen molar-refractivity contribution in [3.63, 3.8) is 0 Å². The molecular formula is C17H23ClFNO. The van der Waals surface area contributed by atoms with Crippen LogP contribution in [0.2, 0.25) is 5.02 Å². The van der Waals surface area contributed by atoms with Crippen molar-refractivity contribution in [2.75, 3.05) is 6.61 Å². The van der Waals surface area contributed by atoms with Gasteiger partial charge >= 0.3 is 0 Å². The fourth-order valence-corrected chi connectivity index (χ4v) is 4.13. The molecule has 0 amide bonds. The quantitative estimate of drug-likeness (QED) is 0.865. The lowest BCUT2D eigenvalue weighted by Crippen LogP contribution is -2.44. The van der Waals surface area contributed by atoms with Crippen molar-refractivity contribution >= 4 is 11.6 Å². The first-order valence-electron chi connectivity index (χ1n) is 7.95. The van der Waals surface area contributed by atoms with Gasteiger partial charge in [-0.1, -0.05) is 43.0 Å². The Hall–Kier alpha value is -0.640. The highest BCUT2D eigenvalue weighted by Gasteiger charge is 2.40. The molecule has 1 spiro atoms. The van der Waals surface area contributed by atoms with E-state index in [1.165, 1.54) is 19.3 Å². The van der Waals surface area contributed by atoms with Crippen LogP contribution in [-0.4, -0.2) is 12.2 Å². The Kier molecular flexibility index (Phi) is 4.53. The number of halogens is 2. The van der Waals surface area contributed by atoms with Gasteiger partial charge in [0.25, 0.3) is 0 Å². The summed E-state index contributed by atoms with van der Waals surface area (Å²) < 4.78 is 20.3. The van der Waals surface area contributed by atoms with Gasteiger partial charge in [-0.25, -0.2) is 4.39 Å². The van der Waals surface area contributed by atoms with E-state index >= 15 is 0 Å². The average Bonchev–Trinajstić information content (AvgIpc) is 2.50. The third-order valence-corrected chi connectivity index (χ3v) is 5.44. The van der Waals surface area contributed by atoms with Crippen LogP contribution in [0.4, 0.5) is 4.39 Å². The summed E-state index contributed by atoms with van der Waals surface area (Å²) in [7, 11) is 0. The Bertz CT molecular complexity index is 496. The standard InChI is InChI=1S/C17H23ClFNO/c18-14-6-4-5-13(15(14)19)16(20)12-7-10-21-17(11-12)8-2-1-3-9-17/h4-6,12,16H,1-3,7-11,20H2. The maximum Gasteiger partial charge on any atom is 0.146 e. The monoisotopic (exact) mass is 311 g/mol. The zero-order valence-corrected chi connectivity index (χ0v) is 13.0. The number of nitrogens with two attached hydrogens (primary N) is 1. The molecule has 2 nitrogen and oxygen atoms in total. The van der Waals surface area contributed by atoms with Crippen LogP contribution >= 0.6 is 11.6 Å². The lowest BCUT2D eigenvalue weighted by molar-refractivity contribution is -0.120. The summed E-state index contributed by atoms with van der Waals surface area (Å²) in [6, 6.07) is 4.80. The van der Waals surface area contributed by atoms with Crippen LogP contribution in [0.1, 0.15) is 56.6 Å². The molecule has 2 atom stereocenters. The van der Waals surface area contributed by atoms with Gasteiger partial charge in [0.05, 0.1) is 10.6 Å². The molecule has 2 aliphatic rings. The largest absolute Gasteiger partial charge is 0.375 e. The van der Waals surface area contributed by atoms with Crippen LogP contribution in [0.5, 0.6) is 0 Å². The molecular weight excluding hydrogens is 289 g/mol. The highest BCUT2D eigenvalue weighted by Crippen LogP contribution is 2.44. The average molecular weight is 312 g/mol. The molecule has 2 N–H and O–H groups in total. The lowest BCUT2D eigenvalue weighted by atomic mass is 9.73. The molecule has 21 heavy (non-hydrogen) atoms. The zero-order chi connectivity index (χ0) is 14.9. The molecule has 4 heteroatoms. The van der Waals surface area contributed by atoms with E-state index in [2.05, 4.69) is 0 Å². The molecule has 116 valence electrons. The first kappa shape index (κ1) is 15.3. The number of hydrogen-bond acceptors (Lipinski definition) is 2. The molecule has 0 aromatic heterocycles. The predicted octanol–water partition coefficient (Wildman–Crippen LogP) is 4.61. The van der Waals surface area contributed by atoms with Crippen LogP contribution in [0.3, 0.4) is 0 Å². The number of benzene rings is 1. The van der Waals surface area contributed by atoms with E-state index in [0.29, 0.717) is 5.56 Å². The molecule has 1 aromatic rings. The van der Waals surface area contributed by atoms with Gasteiger partial charge in [-0.05, 0) is 37.7 Å². The summed E-state index contributed by atoms with van der Waals surface area (Å²) in [5, 5.41) is 0.155. The second-order valence-electron chi connectivity index (χ2n) is 6.51. The molecule has 1 aromatic carbocycles. The van der Waals surface area contributed by atoms with E-state index in [9.17, 15) is 4.39 Å². The summed E-state index contributed by atoms with van der Waals surface area (Å²) in [5.74, 6) is -0.0966. The van der Waals surface area contributed by atoms with Crippen LogP contribution in [-0.2, 0) is 4.74 Å². The molecule has 0 bridgehead atoms. The van der Waals surface area contributed by atoms with Crippen molar-refractivity contribution in [2.45, 2.75) is 56.6 Å². The maximum absolute atomic E-state index is 14.2.